The molecule has 4 aliphatic carbocycles. The number of hydrogen-bond donors (Lipinski definition) is 0. The molecule has 4 heteroatoms. The summed E-state index contributed by atoms with van der Waals surface area (Å²) in [5.74, 6) is 0.467. The minimum Gasteiger partial charge on any atom is -0.469 e. The number of ether oxygens (including phenoxy) is 2. The number of methoxy groups -OCH3 is 1. The van der Waals surface area contributed by atoms with Crippen molar-refractivity contribution in [2.24, 2.45) is 33.5 Å². The van der Waals surface area contributed by atoms with Crippen LogP contribution in [0.15, 0.2) is 34.4 Å². The van der Waals surface area contributed by atoms with Gasteiger partial charge in [0.15, 0.2) is 0 Å². The van der Waals surface area contributed by atoms with E-state index >= 15 is 0 Å². The van der Waals surface area contributed by atoms with E-state index in [2.05, 4.69) is 60.6 Å². The SMILES string of the molecule is COC(=O)[C@@]12CCC(C)=C(/C=C/C3=C(C)CCC4C(C)(C)[C@@H](OC(C)=O)CC[C@]34C)C1CC(C)(C)CC2. The molecule has 0 aromatic rings. The number of carbonyl (C=O) groups is 2. The average molecular weight is 511 g/mol. The molecule has 0 aliphatic heterocycles. The van der Waals surface area contributed by atoms with E-state index < -0.39 is 5.41 Å². The van der Waals surface area contributed by atoms with Crippen LogP contribution in [-0.4, -0.2) is 25.2 Å². The molecule has 0 aromatic carbocycles. The lowest BCUT2D eigenvalue weighted by Gasteiger charge is -2.57. The summed E-state index contributed by atoms with van der Waals surface area (Å²) in [7, 11) is 1.56. The van der Waals surface area contributed by atoms with Crippen LogP contribution in [-0.2, 0) is 19.1 Å². The van der Waals surface area contributed by atoms with Gasteiger partial charge >= 0.3 is 11.9 Å². The van der Waals surface area contributed by atoms with Gasteiger partial charge in [0.05, 0.1) is 12.5 Å². The largest absolute Gasteiger partial charge is 0.469 e. The van der Waals surface area contributed by atoms with Crippen molar-refractivity contribution in [1.82, 2.24) is 0 Å². The topological polar surface area (TPSA) is 52.6 Å². The standard InChI is InChI=1S/C33H50O4/c1-21-14-17-33(29(35)36-9)19-18-30(4,5)20-26(33)24(21)11-12-25-22(2)10-13-27-31(6,7)28(37-23(3)34)15-16-32(25,27)8/h11-12,26-28H,10,13-20H2,1-9H3/b12-11+/t26?,27?,28-,32+,33+/m0/s1. The Morgan fingerprint density at radius 2 is 1.59 bits per heavy atom. The molecular weight excluding hydrogens is 460 g/mol. The average Bonchev–Trinajstić information content (AvgIpc) is 2.81. The molecule has 37 heavy (non-hydrogen) atoms. The van der Waals surface area contributed by atoms with E-state index in [1.807, 2.05) is 0 Å². The maximum Gasteiger partial charge on any atom is 0.312 e. The first-order chi connectivity index (χ1) is 17.2. The maximum absolute atomic E-state index is 13.2. The van der Waals surface area contributed by atoms with Gasteiger partial charge in [-0.1, -0.05) is 57.9 Å². The normalized spacial score (nSPS) is 37.2. The molecule has 0 saturated heterocycles. The third kappa shape index (κ3) is 4.76. The summed E-state index contributed by atoms with van der Waals surface area (Å²) in [5.41, 5.74) is 5.53. The van der Waals surface area contributed by atoms with Gasteiger partial charge in [-0.05, 0) is 99.5 Å². The number of hydrogen-bond acceptors (Lipinski definition) is 4. The molecule has 0 N–H and O–H groups in total. The second-order valence-corrected chi connectivity index (χ2v) is 14.3. The molecule has 0 heterocycles. The van der Waals surface area contributed by atoms with Gasteiger partial charge < -0.3 is 9.47 Å². The Bertz CT molecular complexity index is 1040. The molecule has 0 aromatic heterocycles. The summed E-state index contributed by atoms with van der Waals surface area (Å²) < 4.78 is 11.3. The molecule has 2 fully saturated rings. The highest BCUT2D eigenvalue weighted by atomic mass is 16.5. The molecule has 4 nitrogen and oxygen atoms in total. The lowest BCUT2D eigenvalue weighted by Crippen LogP contribution is -2.53. The fraction of sp³-hybridized carbons (Fsp3) is 0.758. The molecule has 206 valence electrons. The fourth-order valence-electron chi connectivity index (χ4n) is 8.89. The van der Waals surface area contributed by atoms with Crippen molar-refractivity contribution < 1.29 is 19.1 Å². The van der Waals surface area contributed by atoms with E-state index in [9.17, 15) is 9.59 Å². The molecule has 0 bridgehead atoms. The first kappa shape index (κ1) is 28.2. The molecule has 4 aliphatic rings. The van der Waals surface area contributed by atoms with Gasteiger partial charge in [-0.2, -0.15) is 0 Å². The van der Waals surface area contributed by atoms with E-state index in [4.69, 9.17) is 9.47 Å². The third-order valence-corrected chi connectivity index (χ3v) is 11.1. The van der Waals surface area contributed by atoms with Crippen LogP contribution < -0.4 is 0 Å². The minimum atomic E-state index is -0.393. The van der Waals surface area contributed by atoms with E-state index in [0.29, 0.717) is 5.92 Å². The zero-order chi connectivity index (χ0) is 27.4. The number of esters is 2. The van der Waals surface area contributed by atoms with Crippen LogP contribution in [0, 0.1) is 33.5 Å². The quantitative estimate of drug-likeness (QED) is 0.358. The summed E-state index contributed by atoms with van der Waals surface area (Å²) in [5, 5.41) is 0. The Morgan fingerprint density at radius 3 is 2.24 bits per heavy atom. The second kappa shape index (κ2) is 9.72. The van der Waals surface area contributed by atoms with Crippen molar-refractivity contribution in [3.8, 4) is 0 Å². The Balaban J connectivity index is 1.71. The summed E-state index contributed by atoms with van der Waals surface area (Å²) in [4.78, 5) is 25.1. The predicted molar refractivity (Wildman–Crippen MR) is 149 cm³/mol. The van der Waals surface area contributed by atoms with Gasteiger partial charge in [0.1, 0.15) is 6.10 Å². The molecule has 0 spiro atoms. The molecule has 0 radical (unpaired) electrons. The van der Waals surface area contributed by atoms with Crippen molar-refractivity contribution in [2.45, 2.75) is 119 Å². The highest BCUT2D eigenvalue weighted by molar-refractivity contribution is 5.78. The number of fused-ring (bicyclic) bond motifs is 2. The van der Waals surface area contributed by atoms with Gasteiger partial charge in [-0.3, -0.25) is 9.59 Å². The van der Waals surface area contributed by atoms with Gasteiger partial charge in [-0.15, -0.1) is 0 Å². The first-order valence-corrected chi connectivity index (χ1v) is 14.5. The highest BCUT2D eigenvalue weighted by Crippen LogP contribution is 2.61. The summed E-state index contributed by atoms with van der Waals surface area (Å²) in [6.07, 6.45) is 13.8. The second-order valence-electron chi connectivity index (χ2n) is 14.3. The maximum atomic E-state index is 13.2. The lowest BCUT2D eigenvalue weighted by molar-refractivity contribution is -0.166. The minimum absolute atomic E-state index is 0.0166. The Kier molecular flexibility index (Phi) is 7.40. The van der Waals surface area contributed by atoms with Gasteiger partial charge in [0, 0.05) is 18.3 Å². The molecule has 0 amide bonds. The lowest BCUT2D eigenvalue weighted by atomic mass is 9.49. The summed E-state index contributed by atoms with van der Waals surface area (Å²) in [6, 6.07) is 0. The van der Waals surface area contributed by atoms with Crippen LogP contribution in [0.5, 0.6) is 0 Å². The van der Waals surface area contributed by atoms with E-state index in [1.54, 1.807) is 7.11 Å². The molecule has 2 unspecified atom stereocenters. The number of allylic oxidation sites excluding steroid dienone is 6. The van der Waals surface area contributed by atoms with Crippen molar-refractivity contribution in [3.05, 3.63) is 34.4 Å². The van der Waals surface area contributed by atoms with Gasteiger partial charge in [-0.25, -0.2) is 0 Å². The Hall–Kier alpha value is -1.84. The van der Waals surface area contributed by atoms with Crippen LogP contribution >= 0.6 is 0 Å². The zero-order valence-electron chi connectivity index (χ0n) is 24.9. The van der Waals surface area contributed by atoms with E-state index in [1.165, 1.54) is 29.2 Å². The van der Waals surface area contributed by atoms with E-state index in [-0.39, 0.29) is 40.2 Å². The smallest absolute Gasteiger partial charge is 0.312 e. The fourth-order valence-corrected chi connectivity index (χ4v) is 8.89. The number of carbonyl (C=O) groups excluding carboxylic acids is 2. The van der Waals surface area contributed by atoms with E-state index in [0.717, 1.165) is 57.8 Å². The molecule has 2 saturated carbocycles. The molecule has 4 rings (SSSR count). The Labute approximate surface area is 225 Å². The highest BCUT2D eigenvalue weighted by Gasteiger charge is 2.56. The van der Waals surface area contributed by atoms with Crippen LogP contribution in [0.4, 0.5) is 0 Å². The molecular formula is C33H50O4. The molecule has 5 atom stereocenters. The van der Waals surface area contributed by atoms with Crippen molar-refractivity contribution in [1.29, 1.82) is 0 Å². The van der Waals surface area contributed by atoms with Crippen LogP contribution in [0.25, 0.3) is 0 Å². The first-order valence-electron chi connectivity index (χ1n) is 14.5. The van der Waals surface area contributed by atoms with Crippen LogP contribution in [0.2, 0.25) is 0 Å². The zero-order valence-corrected chi connectivity index (χ0v) is 24.9. The third-order valence-electron chi connectivity index (χ3n) is 11.1. The summed E-state index contributed by atoms with van der Waals surface area (Å²) in [6.45, 7) is 17.8. The summed E-state index contributed by atoms with van der Waals surface area (Å²) >= 11 is 0. The monoisotopic (exact) mass is 510 g/mol. The van der Waals surface area contributed by atoms with Crippen LogP contribution in [0.1, 0.15) is 113 Å². The van der Waals surface area contributed by atoms with Crippen molar-refractivity contribution in [2.75, 3.05) is 7.11 Å². The van der Waals surface area contributed by atoms with Gasteiger partial charge in [0.25, 0.3) is 0 Å². The number of rotatable bonds is 4. The van der Waals surface area contributed by atoms with Crippen LogP contribution in [0.3, 0.4) is 0 Å². The predicted octanol–water partition coefficient (Wildman–Crippen LogP) is 8.12. The van der Waals surface area contributed by atoms with Gasteiger partial charge in [0.2, 0.25) is 0 Å². The van der Waals surface area contributed by atoms with Crippen molar-refractivity contribution >= 4 is 11.9 Å². The van der Waals surface area contributed by atoms with Crippen molar-refractivity contribution in [3.63, 3.8) is 0 Å². The Morgan fingerprint density at radius 1 is 0.892 bits per heavy atom.